The number of rotatable bonds is 0. The quantitative estimate of drug-likeness (QED) is 0.160. The predicted molar refractivity (Wildman–Crippen MR) is 154 cm³/mol. The van der Waals surface area contributed by atoms with E-state index in [4.69, 9.17) is 0 Å². The van der Waals surface area contributed by atoms with Crippen molar-refractivity contribution in [1.82, 2.24) is 0 Å². The fraction of sp³-hybridized carbons (Fsp3) is 0.0588. The van der Waals surface area contributed by atoms with Crippen LogP contribution in [0.3, 0.4) is 0 Å². The summed E-state index contributed by atoms with van der Waals surface area (Å²) < 4.78 is 69.6. The lowest BCUT2D eigenvalue weighted by atomic mass is 10.0. The van der Waals surface area contributed by atoms with Crippen LogP contribution in [-0.2, 0) is 9.99 Å². The second kappa shape index (κ2) is 8.99. The van der Waals surface area contributed by atoms with E-state index < -0.39 is 33.3 Å². The first-order valence-corrected chi connectivity index (χ1v) is 15.5. The van der Waals surface area contributed by atoms with Crippen LogP contribution in [0.15, 0.2) is 132 Å². The Labute approximate surface area is 257 Å². The van der Waals surface area contributed by atoms with Crippen LogP contribution in [-0.4, -0.2) is 0 Å². The monoisotopic (exact) mass is 624 g/mol. The Bertz CT molecular complexity index is 2070. The van der Waals surface area contributed by atoms with Gasteiger partial charge in [-0.25, -0.2) is 17.6 Å². The zero-order valence-electron chi connectivity index (χ0n) is 22.7. The molecule has 3 aliphatic heterocycles. The van der Waals surface area contributed by atoms with E-state index in [2.05, 4.69) is 0 Å². The number of fused-ring (bicyclic) bond motifs is 14. The summed E-state index contributed by atoms with van der Waals surface area (Å²) in [5, 5.41) is 1.42. The van der Waals surface area contributed by atoms with Gasteiger partial charge in [0.25, 0.3) is 10.1 Å². The molecular formula is C34H20F4N4S2+4. The van der Waals surface area contributed by atoms with Gasteiger partial charge in [-0.15, -0.1) is 18.3 Å². The molecule has 0 bridgehead atoms. The Balaban J connectivity index is 1.44. The summed E-state index contributed by atoms with van der Waals surface area (Å²) in [5.41, 5.74) is 2.75. The van der Waals surface area contributed by atoms with E-state index in [9.17, 15) is 0 Å². The first-order chi connectivity index (χ1) is 21.4. The number of halogens is 4. The molecule has 0 amide bonds. The molecule has 3 aliphatic rings. The summed E-state index contributed by atoms with van der Waals surface area (Å²) in [6, 6.07) is 27.1. The summed E-state index contributed by atoms with van der Waals surface area (Å²) >= 11 is 2.81. The number of pyridine rings is 4. The minimum absolute atomic E-state index is 0.319. The molecule has 7 heterocycles. The zero-order valence-corrected chi connectivity index (χ0v) is 24.3. The van der Waals surface area contributed by atoms with Crippen LogP contribution < -0.4 is 18.3 Å². The Morgan fingerprint density at radius 2 is 0.841 bits per heavy atom. The maximum atomic E-state index is 15.7. The predicted octanol–water partition coefficient (Wildman–Crippen LogP) is 5.67. The Morgan fingerprint density at radius 3 is 1.27 bits per heavy atom. The van der Waals surface area contributed by atoms with Gasteiger partial charge in [0.2, 0.25) is 11.4 Å². The molecule has 0 saturated heterocycles. The summed E-state index contributed by atoms with van der Waals surface area (Å²) in [4.78, 5) is -2.38. The smallest absolute Gasteiger partial charge is 0.207 e. The van der Waals surface area contributed by atoms with E-state index in [-0.39, 0.29) is 0 Å². The molecule has 2 aromatic carbocycles. The molecule has 4 nitrogen and oxygen atoms in total. The van der Waals surface area contributed by atoms with Gasteiger partial charge in [0, 0.05) is 60.7 Å². The van der Waals surface area contributed by atoms with E-state index in [1.165, 1.54) is 35.7 Å². The van der Waals surface area contributed by atoms with Gasteiger partial charge in [0.15, 0.2) is 24.8 Å². The van der Waals surface area contributed by atoms with Crippen molar-refractivity contribution in [3.05, 3.63) is 156 Å². The lowest BCUT2D eigenvalue weighted by Gasteiger charge is -2.26. The van der Waals surface area contributed by atoms with Gasteiger partial charge in [-0.1, -0.05) is 0 Å². The first-order valence-electron chi connectivity index (χ1n) is 13.9. The van der Waals surface area contributed by atoms with E-state index in [0.29, 0.717) is 43.7 Å². The number of hydrogen-bond donors (Lipinski definition) is 0. The molecule has 4 aromatic heterocycles. The van der Waals surface area contributed by atoms with Gasteiger partial charge in [-0.3, -0.25) is 0 Å². The minimum Gasteiger partial charge on any atom is -0.207 e. The van der Waals surface area contributed by atoms with Gasteiger partial charge in [-0.2, -0.15) is 0 Å². The number of thioether (sulfide) groups is 2. The minimum atomic E-state index is -1.19. The normalized spacial score (nSPS) is 20.3. The average molecular weight is 625 g/mol. The standard InChI is InChI=1S/C34H20F4N4S2/c35-21-17-23-31(25(37)19-21)27-9-1-5-13-39(27)33(23)41-15-7-3-11-29(41)44-34(42-16-8-4-12-30(42)43-33)24-18-22(36)20-26(38)32(24)28-10-2-6-14-40(28)34/h1-20H/q+4. The summed E-state index contributed by atoms with van der Waals surface area (Å²) in [6.45, 7) is 0. The molecule has 9 rings (SSSR count). The average Bonchev–Trinajstić information content (AvgIpc) is 3.45. The van der Waals surface area contributed by atoms with Crippen LogP contribution in [0.25, 0.3) is 22.5 Å². The van der Waals surface area contributed by atoms with Gasteiger partial charge < -0.3 is 0 Å². The lowest BCUT2D eigenvalue weighted by molar-refractivity contribution is -0.974. The van der Waals surface area contributed by atoms with Gasteiger partial charge in [-0.05, 0) is 36.4 Å². The highest BCUT2D eigenvalue weighted by Gasteiger charge is 2.71. The molecule has 2 atom stereocenters. The molecule has 0 saturated carbocycles. The van der Waals surface area contributed by atoms with Crippen molar-refractivity contribution < 1.29 is 35.8 Å². The number of aromatic nitrogens is 4. The number of nitrogens with zero attached hydrogens (tertiary/aromatic N) is 4. The van der Waals surface area contributed by atoms with E-state index in [1.54, 1.807) is 0 Å². The molecule has 6 aromatic rings. The molecule has 44 heavy (non-hydrogen) atoms. The molecule has 212 valence electrons. The second-order valence-corrected chi connectivity index (χ2v) is 13.2. The molecule has 0 radical (unpaired) electrons. The largest absolute Gasteiger partial charge is 0.450 e. The van der Waals surface area contributed by atoms with E-state index >= 15 is 17.6 Å². The van der Waals surface area contributed by atoms with Crippen LogP contribution in [0.1, 0.15) is 11.1 Å². The Morgan fingerprint density at radius 1 is 0.455 bits per heavy atom. The maximum absolute atomic E-state index is 15.7. The summed E-state index contributed by atoms with van der Waals surface area (Å²) in [5.74, 6) is -2.66. The molecule has 10 heteroatoms. The van der Waals surface area contributed by atoms with Crippen LogP contribution in [0, 0.1) is 23.3 Å². The molecule has 0 N–H and O–H groups in total. The highest BCUT2D eigenvalue weighted by molar-refractivity contribution is 8.00. The Hall–Kier alpha value is -4.54. The SMILES string of the molecule is Fc1cc(F)c2c(c1)C1(Sc3cccc[n+]3C3(Sc4cccc[n+]41)c1cc(F)cc(F)c1-c1cccc[n+]13)[n+]1ccccc1-2. The third-order valence-corrected chi connectivity index (χ3v) is 11.4. The van der Waals surface area contributed by atoms with Crippen molar-refractivity contribution in [3.8, 4) is 22.5 Å². The van der Waals surface area contributed by atoms with Crippen LogP contribution in [0.2, 0.25) is 0 Å². The van der Waals surface area contributed by atoms with Crippen LogP contribution in [0.5, 0.6) is 0 Å². The molecule has 2 spiro atoms. The highest BCUT2D eigenvalue weighted by atomic mass is 32.2. The molecule has 0 fully saturated rings. The first kappa shape index (κ1) is 25.9. The molecule has 0 aliphatic carbocycles. The van der Waals surface area contributed by atoms with Crippen LogP contribution >= 0.6 is 23.5 Å². The topological polar surface area (TPSA) is 15.5 Å². The summed E-state index contributed by atoms with van der Waals surface area (Å²) in [7, 11) is 0. The van der Waals surface area contributed by atoms with Crippen molar-refractivity contribution in [2.24, 2.45) is 0 Å². The fourth-order valence-corrected chi connectivity index (χ4v) is 10.0. The molecular weight excluding hydrogens is 605 g/mol. The van der Waals surface area contributed by atoms with Crippen molar-refractivity contribution in [2.45, 2.75) is 20.0 Å². The summed E-state index contributed by atoms with van der Waals surface area (Å²) in [6.07, 6.45) is 7.53. The van der Waals surface area contributed by atoms with Gasteiger partial charge in [0.05, 0.1) is 0 Å². The zero-order chi connectivity index (χ0) is 29.8. The fourth-order valence-electron chi connectivity index (χ4n) is 6.88. The van der Waals surface area contributed by atoms with E-state index in [1.807, 2.05) is 116 Å². The van der Waals surface area contributed by atoms with E-state index in [0.717, 1.165) is 12.1 Å². The third kappa shape index (κ3) is 3.16. The Kier molecular flexibility index (Phi) is 5.30. The van der Waals surface area contributed by atoms with Crippen molar-refractivity contribution in [1.29, 1.82) is 0 Å². The van der Waals surface area contributed by atoms with Gasteiger partial charge >= 0.3 is 9.99 Å². The number of benzene rings is 2. The second-order valence-electron chi connectivity index (χ2n) is 10.8. The third-order valence-electron chi connectivity index (χ3n) is 8.49. The van der Waals surface area contributed by atoms with Crippen molar-refractivity contribution in [2.75, 3.05) is 0 Å². The van der Waals surface area contributed by atoms with Crippen LogP contribution in [0.4, 0.5) is 17.6 Å². The lowest BCUT2D eigenvalue weighted by Crippen LogP contribution is -2.76. The van der Waals surface area contributed by atoms with Crippen molar-refractivity contribution in [3.63, 3.8) is 0 Å². The van der Waals surface area contributed by atoms with Crippen molar-refractivity contribution >= 4 is 23.5 Å². The van der Waals surface area contributed by atoms with Gasteiger partial charge in [0.1, 0.15) is 69.0 Å². The highest BCUT2D eigenvalue weighted by Crippen LogP contribution is 2.52. The molecule has 2 unspecified atom stereocenters. The number of hydrogen-bond acceptors (Lipinski definition) is 2. The maximum Gasteiger partial charge on any atom is 0.450 e.